The molecule has 0 amide bonds. The second-order valence-corrected chi connectivity index (χ2v) is 4.50. The number of aromatic nitrogens is 2. The molecule has 0 aliphatic carbocycles. The van der Waals surface area contributed by atoms with Crippen LogP contribution in [0.2, 0.25) is 0 Å². The molecule has 0 saturated carbocycles. The largest absolute Gasteiger partial charge is 0.508 e. The molecule has 16 heavy (non-hydrogen) atoms. The molecule has 5 heteroatoms. The van der Waals surface area contributed by atoms with Crippen molar-refractivity contribution >= 4 is 15.9 Å². The van der Waals surface area contributed by atoms with Gasteiger partial charge in [0.2, 0.25) is 0 Å². The molecule has 1 aliphatic rings. The number of benzene rings is 1. The maximum atomic E-state index is 9.25. The topological polar surface area (TPSA) is 50.1 Å². The van der Waals surface area contributed by atoms with E-state index < -0.39 is 0 Å². The van der Waals surface area contributed by atoms with Gasteiger partial charge in [0.1, 0.15) is 10.4 Å². The summed E-state index contributed by atoms with van der Waals surface area (Å²) in [6, 6.07) is 7.04. The van der Waals surface area contributed by atoms with Gasteiger partial charge in [0.05, 0.1) is 11.4 Å². The maximum absolute atomic E-state index is 9.25. The van der Waals surface area contributed by atoms with E-state index in [1.807, 2.05) is 16.8 Å². The molecule has 0 bridgehead atoms. The first-order chi connectivity index (χ1) is 7.75. The van der Waals surface area contributed by atoms with E-state index in [1.54, 1.807) is 12.1 Å². The minimum Gasteiger partial charge on any atom is -0.508 e. The lowest BCUT2D eigenvalue weighted by Crippen LogP contribution is -2.07. The van der Waals surface area contributed by atoms with E-state index in [-0.39, 0.29) is 5.75 Å². The van der Waals surface area contributed by atoms with E-state index in [0.717, 1.165) is 23.4 Å². The average Bonchev–Trinajstić information content (AvgIpc) is 2.84. The molecular weight excluding hydrogens is 270 g/mol. The third kappa shape index (κ3) is 1.44. The molecule has 1 aromatic carbocycles. The molecule has 1 aromatic heterocycles. The fraction of sp³-hybridized carbons (Fsp3) is 0.182. The number of hydrogen-bond acceptors (Lipinski definition) is 3. The van der Waals surface area contributed by atoms with Crippen LogP contribution in [0.4, 0.5) is 0 Å². The zero-order valence-electron chi connectivity index (χ0n) is 8.44. The lowest BCUT2D eigenvalue weighted by Gasteiger charge is -2.05. The first-order valence-electron chi connectivity index (χ1n) is 5.02. The Hall–Kier alpha value is -1.33. The van der Waals surface area contributed by atoms with Crippen molar-refractivity contribution in [3.8, 4) is 11.4 Å². The minimum absolute atomic E-state index is 0.268. The van der Waals surface area contributed by atoms with Gasteiger partial charge in [0.25, 0.3) is 0 Å². The predicted octanol–water partition coefficient (Wildman–Crippen LogP) is 1.94. The monoisotopic (exact) mass is 279 g/mol. The Bertz CT molecular complexity index is 533. The average molecular weight is 280 g/mol. The molecule has 0 radical (unpaired) electrons. The molecule has 0 spiro atoms. The number of fused-ring (bicyclic) bond motifs is 1. The maximum Gasteiger partial charge on any atom is 0.133 e. The summed E-state index contributed by atoms with van der Waals surface area (Å²) in [7, 11) is 0. The SMILES string of the molecule is Oc1ccc(-n2nc(Br)c3c2CNC3)cc1. The van der Waals surface area contributed by atoms with Crippen molar-refractivity contribution in [2.75, 3.05) is 0 Å². The summed E-state index contributed by atoms with van der Waals surface area (Å²) in [5, 5.41) is 17.0. The molecule has 4 nitrogen and oxygen atoms in total. The van der Waals surface area contributed by atoms with Crippen molar-refractivity contribution < 1.29 is 5.11 Å². The van der Waals surface area contributed by atoms with Crippen LogP contribution in [0.25, 0.3) is 5.69 Å². The molecule has 2 N–H and O–H groups in total. The fourth-order valence-corrected chi connectivity index (χ4v) is 2.45. The van der Waals surface area contributed by atoms with Crippen LogP contribution in [0.5, 0.6) is 5.75 Å². The Morgan fingerprint density at radius 3 is 2.75 bits per heavy atom. The highest BCUT2D eigenvalue weighted by Crippen LogP contribution is 2.27. The Balaban J connectivity index is 2.13. The highest BCUT2D eigenvalue weighted by Gasteiger charge is 2.21. The van der Waals surface area contributed by atoms with Gasteiger partial charge >= 0.3 is 0 Å². The van der Waals surface area contributed by atoms with Crippen LogP contribution in [0.1, 0.15) is 11.3 Å². The summed E-state index contributed by atoms with van der Waals surface area (Å²) in [5.74, 6) is 0.268. The first kappa shape index (κ1) is 9.86. The molecule has 82 valence electrons. The second kappa shape index (κ2) is 3.61. The third-order valence-electron chi connectivity index (χ3n) is 2.73. The van der Waals surface area contributed by atoms with E-state index in [2.05, 4.69) is 26.3 Å². The quantitative estimate of drug-likeness (QED) is 0.839. The van der Waals surface area contributed by atoms with E-state index in [9.17, 15) is 5.11 Å². The summed E-state index contributed by atoms with van der Waals surface area (Å²) in [6.07, 6.45) is 0. The normalized spacial score (nSPS) is 14.1. The molecule has 0 unspecified atom stereocenters. The van der Waals surface area contributed by atoms with Gasteiger partial charge < -0.3 is 10.4 Å². The number of phenols is 1. The molecule has 3 rings (SSSR count). The Morgan fingerprint density at radius 1 is 1.25 bits per heavy atom. The molecule has 2 aromatic rings. The zero-order chi connectivity index (χ0) is 11.1. The molecule has 0 fully saturated rings. The lowest BCUT2D eigenvalue weighted by molar-refractivity contribution is 0.475. The number of nitrogens with one attached hydrogen (secondary N) is 1. The Morgan fingerprint density at radius 2 is 2.00 bits per heavy atom. The van der Waals surface area contributed by atoms with Gasteiger partial charge in [-0.1, -0.05) is 0 Å². The molecule has 0 atom stereocenters. The Labute approximate surface area is 101 Å². The van der Waals surface area contributed by atoms with Crippen LogP contribution in [-0.4, -0.2) is 14.9 Å². The number of halogens is 1. The molecule has 1 aliphatic heterocycles. The third-order valence-corrected chi connectivity index (χ3v) is 3.37. The minimum atomic E-state index is 0.268. The first-order valence-corrected chi connectivity index (χ1v) is 5.81. The summed E-state index contributed by atoms with van der Waals surface area (Å²) < 4.78 is 2.79. The molecular formula is C11H10BrN3O. The van der Waals surface area contributed by atoms with Crippen LogP contribution in [0, 0.1) is 0 Å². The van der Waals surface area contributed by atoms with Gasteiger partial charge in [-0.05, 0) is 40.2 Å². The van der Waals surface area contributed by atoms with Gasteiger partial charge in [0.15, 0.2) is 0 Å². The summed E-state index contributed by atoms with van der Waals surface area (Å²) in [5.41, 5.74) is 3.36. The van der Waals surface area contributed by atoms with Gasteiger partial charge in [-0.3, -0.25) is 0 Å². The van der Waals surface area contributed by atoms with Gasteiger partial charge in [-0.2, -0.15) is 5.10 Å². The number of phenolic OH excluding ortho intramolecular Hbond substituents is 1. The van der Waals surface area contributed by atoms with E-state index in [0.29, 0.717) is 0 Å². The van der Waals surface area contributed by atoms with Crippen LogP contribution < -0.4 is 5.32 Å². The number of rotatable bonds is 1. The van der Waals surface area contributed by atoms with Crippen molar-refractivity contribution in [3.63, 3.8) is 0 Å². The number of hydrogen-bond donors (Lipinski definition) is 2. The van der Waals surface area contributed by atoms with E-state index >= 15 is 0 Å². The van der Waals surface area contributed by atoms with Gasteiger partial charge in [0, 0.05) is 18.7 Å². The van der Waals surface area contributed by atoms with Gasteiger partial charge in [-0.25, -0.2) is 4.68 Å². The fourth-order valence-electron chi connectivity index (χ4n) is 1.93. The zero-order valence-corrected chi connectivity index (χ0v) is 10.0. The Kier molecular flexibility index (Phi) is 2.22. The van der Waals surface area contributed by atoms with Crippen LogP contribution in [-0.2, 0) is 13.1 Å². The number of aromatic hydroxyl groups is 1. The highest BCUT2D eigenvalue weighted by atomic mass is 79.9. The summed E-state index contributed by atoms with van der Waals surface area (Å²) in [6.45, 7) is 1.68. The standard InChI is InChI=1S/C11H10BrN3O/c12-11-9-5-13-6-10(9)15(14-11)7-1-3-8(16)4-2-7/h1-4,13,16H,5-6H2. The van der Waals surface area contributed by atoms with E-state index in [1.165, 1.54) is 11.3 Å². The smallest absolute Gasteiger partial charge is 0.133 e. The molecule has 2 heterocycles. The van der Waals surface area contributed by atoms with Crippen LogP contribution >= 0.6 is 15.9 Å². The van der Waals surface area contributed by atoms with Crippen molar-refractivity contribution in [1.82, 2.24) is 15.1 Å². The lowest BCUT2D eigenvalue weighted by atomic mass is 10.2. The van der Waals surface area contributed by atoms with Crippen molar-refractivity contribution in [2.24, 2.45) is 0 Å². The predicted molar refractivity (Wildman–Crippen MR) is 63.5 cm³/mol. The molecule has 0 saturated heterocycles. The second-order valence-electron chi connectivity index (χ2n) is 3.75. The van der Waals surface area contributed by atoms with Gasteiger partial charge in [-0.15, -0.1) is 0 Å². The van der Waals surface area contributed by atoms with E-state index in [4.69, 9.17) is 0 Å². The number of nitrogens with zero attached hydrogens (tertiary/aromatic N) is 2. The van der Waals surface area contributed by atoms with Crippen LogP contribution in [0.3, 0.4) is 0 Å². The summed E-state index contributed by atoms with van der Waals surface area (Å²) in [4.78, 5) is 0. The summed E-state index contributed by atoms with van der Waals surface area (Å²) >= 11 is 3.46. The van der Waals surface area contributed by atoms with Crippen molar-refractivity contribution in [2.45, 2.75) is 13.1 Å². The van der Waals surface area contributed by atoms with Crippen molar-refractivity contribution in [1.29, 1.82) is 0 Å². The van der Waals surface area contributed by atoms with Crippen molar-refractivity contribution in [3.05, 3.63) is 40.1 Å². The highest BCUT2D eigenvalue weighted by molar-refractivity contribution is 9.10. The van der Waals surface area contributed by atoms with Crippen LogP contribution in [0.15, 0.2) is 28.9 Å².